The van der Waals surface area contributed by atoms with Gasteiger partial charge in [-0.3, -0.25) is 4.18 Å². The van der Waals surface area contributed by atoms with Crippen LogP contribution < -0.4 is 15.2 Å². The summed E-state index contributed by atoms with van der Waals surface area (Å²) in [6.45, 7) is 0.359. The van der Waals surface area contributed by atoms with Crippen molar-refractivity contribution in [1.82, 2.24) is 5.32 Å². The quantitative estimate of drug-likeness (QED) is 0.775. The first-order valence-corrected chi connectivity index (χ1v) is 10.00. The SMILES string of the molecule is CNC12CCC(COc3ccc(Cl)c(F)c3)(CC1)CC2OS(N)(=O)=O. The Morgan fingerprint density at radius 1 is 1.36 bits per heavy atom. The fourth-order valence-corrected chi connectivity index (χ4v) is 4.74. The van der Waals surface area contributed by atoms with Crippen LogP contribution in [0.4, 0.5) is 4.39 Å². The molecular weight excluding hydrogens is 371 g/mol. The summed E-state index contributed by atoms with van der Waals surface area (Å²) in [5.74, 6) is -0.134. The van der Waals surface area contributed by atoms with Gasteiger partial charge in [-0.2, -0.15) is 8.42 Å². The highest BCUT2D eigenvalue weighted by molar-refractivity contribution is 7.84. The Morgan fingerprint density at radius 3 is 2.60 bits per heavy atom. The lowest BCUT2D eigenvalue weighted by atomic mass is 9.56. The summed E-state index contributed by atoms with van der Waals surface area (Å²) in [5.41, 5.74) is -0.607. The van der Waals surface area contributed by atoms with Crippen molar-refractivity contribution < 1.29 is 21.7 Å². The van der Waals surface area contributed by atoms with Crippen LogP contribution in [0.15, 0.2) is 18.2 Å². The third-order valence-corrected chi connectivity index (χ3v) is 6.43. The fraction of sp³-hybridized carbons (Fsp3) is 0.625. The Bertz CT molecular complexity index is 751. The van der Waals surface area contributed by atoms with Gasteiger partial charge < -0.3 is 10.1 Å². The van der Waals surface area contributed by atoms with E-state index in [9.17, 15) is 12.8 Å². The first kappa shape index (κ1) is 18.8. The number of ether oxygens (including phenoxy) is 1. The standard InChI is InChI=1S/C16H22ClFN2O4S/c1-20-16-6-4-15(5-7-16,9-14(16)24-25(19,21)22)10-23-11-2-3-12(17)13(18)8-11/h2-3,8,14,20H,4-7,9-10H2,1H3,(H2,19,21,22). The van der Waals surface area contributed by atoms with Gasteiger partial charge in [-0.05, 0) is 51.3 Å². The molecule has 0 spiro atoms. The second-order valence-corrected chi connectivity index (χ2v) is 8.64. The van der Waals surface area contributed by atoms with Gasteiger partial charge in [-0.15, -0.1) is 0 Å². The number of likely N-dealkylation sites (N-methyl/N-ethyl adjacent to an activating group) is 1. The van der Waals surface area contributed by atoms with Gasteiger partial charge in [0.05, 0.1) is 17.7 Å². The Hall–Kier alpha value is -0.930. The van der Waals surface area contributed by atoms with E-state index in [0.717, 1.165) is 25.7 Å². The van der Waals surface area contributed by atoms with Crippen LogP contribution in [0.25, 0.3) is 0 Å². The molecule has 4 rings (SSSR count). The van der Waals surface area contributed by atoms with Crippen molar-refractivity contribution in [3.63, 3.8) is 0 Å². The molecule has 3 aliphatic rings. The predicted molar refractivity (Wildman–Crippen MR) is 92.2 cm³/mol. The van der Waals surface area contributed by atoms with Crippen LogP contribution in [-0.2, 0) is 14.5 Å². The minimum Gasteiger partial charge on any atom is -0.493 e. The summed E-state index contributed by atoms with van der Waals surface area (Å²) in [6, 6.07) is 4.31. The van der Waals surface area contributed by atoms with Crippen molar-refractivity contribution in [2.45, 2.75) is 43.7 Å². The summed E-state index contributed by atoms with van der Waals surface area (Å²) in [5, 5.41) is 8.36. The normalized spacial score (nSPS) is 31.9. The smallest absolute Gasteiger partial charge is 0.333 e. The molecule has 140 valence electrons. The van der Waals surface area contributed by atoms with Crippen molar-refractivity contribution in [2.24, 2.45) is 10.6 Å². The Labute approximate surface area is 152 Å². The van der Waals surface area contributed by atoms with E-state index >= 15 is 0 Å². The van der Waals surface area contributed by atoms with Crippen LogP contribution in [-0.4, -0.2) is 33.7 Å². The Kier molecular flexibility index (Phi) is 5.02. The highest BCUT2D eigenvalue weighted by Crippen LogP contribution is 2.53. The molecule has 25 heavy (non-hydrogen) atoms. The number of fused-ring (bicyclic) bond motifs is 3. The van der Waals surface area contributed by atoms with E-state index in [1.165, 1.54) is 12.1 Å². The van der Waals surface area contributed by atoms with Crippen LogP contribution in [0.1, 0.15) is 32.1 Å². The van der Waals surface area contributed by atoms with Crippen molar-refractivity contribution in [3.8, 4) is 5.75 Å². The molecule has 1 aromatic rings. The molecule has 1 aromatic carbocycles. The summed E-state index contributed by atoms with van der Waals surface area (Å²) in [7, 11) is -2.23. The number of benzene rings is 1. The van der Waals surface area contributed by atoms with E-state index < -0.39 is 22.2 Å². The molecule has 0 amide bonds. The maximum atomic E-state index is 13.6. The van der Waals surface area contributed by atoms with E-state index in [-0.39, 0.29) is 16.0 Å². The largest absolute Gasteiger partial charge is 0.493 e. The minimum absolute atomic E-state index is 0.0428. The summed E-state index contributed by atoms with van der Waals surface area (Å²) in [6.07, 6.45) is 3.24. The van der Waals surface area contributed by atoms with E-state index in [4.69, 9.17) is 25.7 Å². The highest BCUT2D eigenvalue weighted by atomic mass is 35.5. The molecule has 0 aromatic heterocycles. The summed E-state index contributed by atoms with van der Waals surface area (Å²) in [4.78, 5) is 0. The second-order valence-electron chi connectivity index (χ2n) is 7.05. The van der Waals surface area contributed by atoms with E-state index in [1.54, 1.807) is 6.07 Å². The van der Waals surface area contributed by atoms with Crippen LogP contribution in [0.5, 0.6) is 5.75 Å². The van der Waals surface area contributed by atoms with Crippen molar-refractivity contribution in [2.75, 3.05) is 13.7 Å². The van der Waals surface area contributed by atoms with Gasteiger partial charge in [0.25, 0.3) is 0 Å². The average molecular weight is 393 g/mol. The van der Waals surface area contributed by atoms with Crippen molar-refractivity contribution in [3.05, 3.63) is 29.0 Å². The first-order valence-electron chi connectivity index (χ1n) is 8.15. The molecule has 0 heterocycles. The van der Waals surface area contributed by atoms with E-state index in [0.29, 0.717) is 18.8 Å². The van der Waals surface area contributed by atoms with Gasteiger partial charge >= 0.3 is 10.3 Å². The van der Waals surface area contributed by atoms with Crippen molar-refractivity contribution >= 4 is 21.9 Å². The van der Waals surface area contributed by atoms with E-state index in [1.807, 2.05) is 7.05 Å². The van der Waals surface area contributed by atoms with Crippen LogP contribution >= 0.6 is 11.6 Å². The van der Waals surface area contributed by atoms with Crippen molar-refractivity contribution in [1.29, 1.82) is 0 Å². The fourth-order valence-electron chi connectivity index (χ4n) is 4.05. The average Bonchev–Trinajstić information content (AvgIpc) is 2.56. The molecule has 2 bridgehead atoms. The molecule has 3 N–H and O–H groups in total. The number of nitrogens with one attached hydrogen (secondary N) is 1. The maximum absolute atomic E-state index is 13.6. The molecule has 3 aliphatic carbocycles. The first-order chi connectivity index (χ1) is 11.7. The monoisotopic (exact) mass is 392 g/mol. The maximum Gasteiger partial charge on any atom is 0.333 e. The molecule has 0 saturated heterocycles. The van der Waals surface area contributed by atoms with Gasteiger partial charge in [0, 0.05) is 17.0 Å². The van der Waals surface area contributed by atoms with Gasteiger partial charge in [0.2, 0.25) is 0 Å². The number of halogens is 2. The van der Waals surface area contributed by atoms with Gasteiger partial charge in [-0.25, -0.2) is 9.53 Å². The molecule has 0 aliphatic heterocycles. The number of rotatable bonds is 6. The molecule has 1 atom stereocenters. The van der Waals surface area contributed by atoms with Gasteiger partial charge in [0.15, 0.2) is 0 Å². The zero-order valence-electron chi connectivity index (χ0n) is 13.9. The van der Waals surface area contributed by atoms with Gasteiger partial charge in [-0.1, -0.05) is 11.6 Å². The lowest BCUT2D eigenvalue weighted by molar-refractivity contribution is -0.0829. The highest BCUT2D eigenvalue weighted by Gasteiger charge is 2.55. The number of hydrogen-bond acceptors (Lipinski definition) is 5. The summed E-state index contributed by atoms with van der Waals surface area (Å²) >= 11 is 5.68. The topological polar surface area (TPSA) is 90.7 Å². The molecule has 6 nitrogen and oxygen atoms in total. The predicted octanol–water partition coefficient (Wildman–Crippen LogP) is 2.37. The lowest BCUT2D eigenvalue weighted by Crippen LogP contribution is -2.64. The molecule has 1 unspecified atom stereocenters. The number of hydrogen-bond donors (Lipinski definition) is 2. The Balaban J connectivity index is 1.74. The number of nitrogens with two attached hydrogens (primary N) is 1. The zero-order valence-corrected chi connectivity index (χ0v) is 15.5. The lowest BCUT2D eigenvalue weighted by Gasteiger charge is -2.56. The second kappa shape index (κ2) is 6.66. The zero-order chi connectivity index (χ0) is 18.3. The van der Waals surface area contributed by atoms with Gasteiger partial charge in [0.1, 0.15) is 11.6 Å². The minimum atomic E-state index is -4.04. The Morgan fingerprint density at radius 2 is 2.04 bits per heavy atom. The summed E-state index contributed by atoms with van der Waals surface area (Å²) < 4.78 is 47.4. The van der Waals surface area contributed by atoms with Crippen LogP contribution in [0.3, 0.4) is 0 Å². The third kappa shape index (κ3) is 3.93. The molecule has 9 heteroatoms. The molecule has 3 fully saturated rings. The van der Waals surface area contributed by atoms with Crippen LogP contribution in [0.2, 0.25) is 5.02 Å². The molecular formula is C16H22ClFN2O4S. The third-order valence-electron chi connectivity index (χ3n) is 5.62. The van der Waals surface area contributed by atoms with Crippen LogP contribution in [0, 0.1) is 11.2 Å². The molecule has 3 saturated carbocycles. The molecule has 0 radical (unpaired) electrons. The van der Waals surface area contributed by atoms with E-state index in [2.05, 4.69) is 5.32 Å².